The van der Waals surface area contributed by atoms with Gasteiger partial charge in [-0.25, -0.2) is 4.39 Å². The Morgan fingerprint density at radius 2 is 1.90 bits per heavy atom. The first-order valence-corrected chi connectivity index (χ1v) is 6.80. The highest BCUT2D eigenvalue weighted by Gasteiger charge is 2.08. The minimum atomic E-state index is -0.453. The Kier molecular flexibility index (Phi) is 4.99. The molecular weight excluding hydrogens is 300 g/mol. The molecule has 5 heteroatoms. The Morgan fingerprint density at radius 3 is 2.60 bits per heavy atom. The predicted octanol–water partition coefficient (Wildman–Crippen LogP) is 4.70. The van der Waals surface area contributed by atoms with Crippen molar-refractivity contribution in [1.82, 2.24) is 0 Å². The summed E-state index contributed by atoms with van der Waals surface area (Å²) < 4.78 is 13.4. The maximum Gasteiger partial charge on any atom is 0.224 e. The number of aryl methyl sites for hydroxylation is 1. The van der Waals surface area contributed by atoms with Gasteiger partial charge in [0.1, 0.15) is 5.82 Å². The highest BCUT2D eigenvalue weighted by molar-refractivity contribution is 6.35. The van der Waals surface area contributed by atoms with Crippen LogP contribution in [0, 0.1) is 5.82 Å². The number of para-hydroxylation sites is 1. The number of anilines is 1. The van der Waals surface area contributed by atoms with E-state index in [9.17, 15) is 9.18 Å². The molecule has 0 heterocycles. The average molecular weight is 312 g/mol. The molecule has 2 aromatic rings. The van der Waals surface area contributed by atoms with E-state index in [0.717, 1.165) is 5.56 Å². The van der Waals surface area contributed by atoms with Gasteiger partial charge in [0.05, 0.1) is 5.69 Å². The van der Waals surface area contributed by atoms with Gasteiger partial charge in [-0.1, -0.05) is 41.4 Å². The van der Waals surface area contributed by atoms with Crippen LogP contribution >= 0.6 is 23.2 Å². The summed E-state index contributed by atoms with van der Waals surface area (Å²) in [6.07, 6.45) is 0.686. The SMILES string of the molecule is O=C(CCc1ccc(Cl)cc1Cl)Nc1ccccc1F. The molecule has 1 amide bonds. The van der Waals surface area contributed by atoms with Crippen molar-refractivity contribution in [2.75, 3.05) is 5.32 Å². The standard InChI is InChI=1S/C15H12Cl2FNO/c16-11-7-5-10(12(17)9-11)6-8-15(20)19-14-4-2-1-3-13(14)18/h1-5,7,9H,6,8H2,(H,19,20). The molecular formula is C15H12Cl2FNO. The van der Waals surface area contributed by atoms with Gasteiger partial charge in [-0.15, -0.1) is 0 Å². The summed E-state index contributed by atoms with van der Waals surface area (Å²) >= 11 is 11.8. The quantitative estimate of drug-likeness (QED) is 0.871. The second-order valence-corrected chi connectivity index (χ2v) is 5.11. The van der Waals surface area contributed by atoms with Crippen LogP contribution in [0.2, 0.25) is 10.0 Å². The summed E-state index contributed by atoms with van der Waals surface area (Å²) in [5.41, 5.74) is 1.01. The van der Waals surface area contributed by atoms with E-state index in [4.69, 9.17) is 23.2 Å². The van der Waals surface area contributed by atoms with E-state index in [-0.39, 0.29) is 18.0 Å². The molecule has 104 valence electrons. The van der Waals surface area contributed by atoms with Crippen molar-refractivity contribution in [2.24, 2.45) is 0 Å². The van der Waals surface area contributed by atoms with Crippen LogP contribution in [-0.2, 0) is 11.2 Å². The zero-order chi connectivity index (χ0) is 14.5. The first-order chi connectivity index (χ1) is 9.56. The molecule has 0 aliphatic heterocycles. The largest absolute Gasteiger partial charge is 0.324 e. The molecule has 2 nitrogen and oxygen atoms in total. The van der Waals surface area contributed by atoms with Crippen molar-refractivity contribution in [3.63, 3.8) is 0 Å². The monoisotopic (exact) mass is 311 g/mol. The van der Waals surface area contributed by atoms with Crippen LogP contribution < -0.4 is 5.32 Å². The minimum absolute atomic E-state index is 0.180. The summed E-state index contributed by atoms with van der Waals surface area (Å²) in [6, 6.07) is 11.2. The van der Waals surface area contributed by atoms with Crippen LogP contribution in [0.1, 0.15) is 12.0 Å². The fraction of sp³-hybridized carbons (Fsp3) is 0.133. The molecule has 0 aromatic heterocycles. The molecule has 0 saturated heterocycles. The van der Waals surface area contributed by atoms with Crippen LogP contribution in [0.3, 0.4) is 0 Å². The Hall–Kier alpha value is -1.58. The first-order valence-electron chi connectivity index (χ1n) is 6.04. The lowest BCUT2D eigenvalue weighted by molar-refractivity contribution is -0.116. The molecule has 1 N–H and O–H groups in total. The molecule has 0 radical (unpaired) electrons. The van der Waals surface area contributed by atoms with Crippen LogP contribution in [-0.4, -0.2) is 5.91 Å². The maximum absolute atomic E-state index is 13.4. The molecule has 2 aromatic carbocycles. The van der Waals surface area contributed by atoms with Gasteiger partial charge in [0.15, 0.2) is 0 Å². The van der Waals surface area contributed by atoms with Crippen molar-refractivity contribution in [3.05, 3.63) is 63.9 Å². The zero-order valence-electron chi connectivity index (χ0n) is 10.5. The number of halogens is 3. The molecule has 2 rings (SSSR count). The van der Waals surface area contributed by atoms with Crippen molar-refractivity contribution < 1.29 is 9.18 Å². The van der Waals surface area contributed by atoms with E-state index in [1.54, 1.807) is 30.3 Å². The van der Waals surface area contributed by atoms with Gasteiger partial charge in [0.2, 0.25) is 5.91 Å². The number of hydrogen-bond acceptors (Lipinski definition) is 1. The number of benzene rings is 2. The number of hydrogen-bond donors (Lipinski definition) is 1. The van der Waals surface area contributed by atoms with E-state index < -0.39 is 5.82 Å². The van der Waals surface area contributed by atoms with Gasteiger partial charge in [-0.3, -0.25) is 4.79 Å². The molecule has 0 bridgehead atoms. The normalized spacial score (nSPS) is 10.3. The summed E-state index contributed by atoms with van der Waals surface area (Å²) in [5, 5.41) is 3.60. The highest BCUT2D eigenvalue weighted by Crippen LogP contribution is 2.22. The van der Waals surface area contributed by atoms with E-state index in [0.29, 0.717) is 16.5 Å². The van der Waals surface area contributed by atoms with Gasteiger partial charge in [0, 0.05) is 16.5 Å². The number of carbonyl (C=O) groups is 1. The predicted molar refractivity (Wildman–Crippen MR) is 79.8 cm³/mol. The van der Waals surface area contributed by atoms with Crippen LogP contribution in [0.5, 0.6) is 0 Å². The minimum Gasteiger partial charge on any atom is -0.324 e. The van der Waals surface area contributed by atoms with E-state index in [1.165, 1.54) is 12.1 Å². The van der Waals surface area contributed by atoms with E-state index in [2.05, 4.69) is 5.32 Å². The molecule has 0 fully saturated rings. The van der Waals surface area contributed by atoms with Crippen molar-refractivity contribution in [2.45, 2.75) is 12.8 Å². The van der Waals surface area contributed by atoms with Crippen LogP contribution in [0.4, 0.5) is 10.1 Å². The Balaban J connectivity index is 1.94. The lowest BCUT2D eigenvalue weighted by Crippen LogP contribution is -2.13. The van der Waals surface area contributed by atoms with Gasteiger partial charge in [-0.2, -0.15) is 0 Å². The number of amides is 1. The van der Waals surface area contributed by atoms with Gasteiger partial charge >= 0.3 is 0 Å². The summed E-state index contributed by atoms with van der Waals surface area (Å²) in [6.45, 7) is 0. The molecule has 0 aliphatic rings. The fourth-order valence-electron chi connectivity index (χ4n) is 1.75. The van der Waals surface area contributed by atoms with Crippen molar-refractivity contribution >= 4 is 34.8 Å². The third-order valence-corrected chi connectivity index (χ3v) is 3.37. The number of nitrogens with one attached hydrogen (secondary N) is 1. The zero-order valence-corrected chi connectivity index (χ0v) is 12.0. The lowest BCUT2D eigenvalue weighted by Gasteiger charge is -2.07. The first kappa shape index (κ1) is 14.8. The Labute approximate surface area is 126 Å². The smallest absolute Gasteiger partial charge is 0.224 e. The Bertz CT molecular complexity index is 631. The molecule has 0 aliphatic carbocycles. The molecule has 0 saturated carbocycles. The molecule has 20 heavy (non-hydrogen) atoms. The van der Waals surface area contributed by atoms with Crippen LogP contribution in [0.15, 0.2) is 42.5 Å². The molecule has 0 spiro atoms. The van der Waals surface area contributed by atoms with Crippen molar-refractivity contribution in [1.29, 1.82) is 0 Å². The second kappa shape index (κ2) is 6.73. The Morgan fingerprint density at radius 1 is 1.15 bits per heavy atom. The maximum atomic E-state index is 13.4. The third-order valence-electron chi connectivity index (χ3n) is 2.78. The average Bonchev–Trinajstić information content (AvgIpc) is 2.40. The third kappa shape index (κ3) is 3.95. The fourth-order valence-corrected chi connectivity index (χ4v) is 2.25. The second-order valence-electron chi connectivity index (χ2n) is 4.26. The van der Waals surface area contributed by atoms with Gasteiger partial charge in [0.25, 0.3) is 0 Å². The summed E-state index contributed by atoms with van der Waals surface area (Å²) in [4.78, 5) is 11.8. The van der Waals surface area contributed by atoms with Crippen LogP contribution in [0.25, 0.3) is 0 Å². The van der Waals surface area contributed by atoms with E-state index in [1.807, 2.05) is 0 Å². The lowest BCUT2D eigenvalue weighted by atomic mass is 10.1. The number of carbonyl (C=O) groups excluding carboxylic acids is 1. The molecule has 0 atom stereocenters. The van der Waals surface area contributed by atoms with Crippen molar-refractivity contribution in [3.8, 4) is 0 Å². The topological polar surface area (TPSA) is 29.1 Å². The van der Waals surface area contributed by atoms with Gasteiger partial charge < -0.3 is 5.32 Å². The van der Waals surface area contributed by atoms with E-state index >= 15 is 0 Å². The van der Waals surface area contributed by atoms with Gasteiger partial charge in [-0.05, 0) is 36.2 Å². The highest BCUT2D eigenvalue weighted by atomic mass is 35.5. The summed E-state index contributed by atoms with van der Waals surface area (Å²) in [7, 11) is 0. The number of rotatable bonds is 4. The molecule has 0 unspecified atom stereocenters. The summed E-state index contributed by atoms with van der Waals surface area (Å²) in [5.74, 6) is -0.716.